The lowest BCUT2D eigenvalue weighted by atomic mass is 9.97. The fourth-order valence-corrected chi connectivity index (χ4v) is 1.92. The molecule has 0 spiro atoms. The van der Waals surface area contributed by atoms with Crippen molar-refractivity contribution in [2.75, 3.05) is 6.54 Å². The normalized spacial score (nSPS) is 19.7. The summed E-state index contributed by atoms with van der Waals surface area (Å²) in [5.74, 6) is 0.276. The van der Waals surface area contributed by atoms with Crippen LogP contribution in [0.4, 0.5) is 5.69 Å². The molecule has 1 aliphatic heterocycles. The van der Waals surface area contributed by atoms with E-state index < -0.39 is 4.92 Å². The molecule has 1 aliphatic rings. The third-order valence-electron chi connectivity index (χ3n) is 3.14. The van der Waals surface area contributed by atoms with E-state index >= 15 is 0 Å². The lowest BCUT2D eigenvalue weighted by molar-refractivity contribution is -0.384. The van der Waals surface area contributed by atoms with E-state index in [1.165, 1.54) is 12.1 Å². The lowest BCUT2D eigenvalue weighted by Crippen LogP contribution is -2.11. The van der Waals surface area contributed by atoms with Crippen LogP contribution in [0.15, 0.2) is 35.0 Å². The highest BCUT2D eigenvalue weighted by Gasteiger charge is 2.15. The van der Waals surface area contributed by atoms with Crippen LogP contribution in [0.1, 0.15) is 18.9 Å². The molecule has 1 heterocycles. The summed E-state index contributed by atoms with van der Waals surface area (Å²) in [5.41, 5.74) is 8.72. The Morgan fingerprint density at radius 3 is 2.67 bits per heavy atom. The highest BCUT2D eigenvalue weighted by molar-refractivity contribution is 6.11. The summed E-state index contributed by atoms with van der Waals surface area (Å²) in [7, 11) is 0. The summed E-state index contributed by atoms with van der Waals surface area (Å²) in [5, 5.41) is 10.6. The Hall–Kier alpha value is -2.17. The van der Waals surface area contributed by atoms with Crippen LogP contribution in [-0.4, -0.2) is 17.7 Å². The van der Waals surface area contributed by atoms with E-state index in [1.807, 2.05) is 0 Å². The predicted octanol–water partition coefficient (Wildman–Crippen LogP) is 2.38. The Bertz CT molecular complexity index is 518. The number of nitro groups is 1. The smallest absolute Gasteiger partial charge is 0.269 e. The van der Waals surface area contributed by atoms with Gasteiger partial charge in [0.1, 0.15) is 0 Å². The van der Waals surface area contributed by atoms with Crippen LogP contribution in [0.2, 0.25) is 0 Å². The first-order chi connectivity index (χ1) is 8.59. The van der Waals surface area contributed by atoms with Gasteiger partial charge < -0.3 is 5.73 Å². The van der Waals surface area contributed by atoms with Crippen molar-refractivity contribution in [2.45, 2.75) is 13.3 Å². The van der Waals surface area contributed by atoms with Crippen LogP contribution in [0.25, 0.3) is 5.57 Å². The number of hydrogen-bond acceptors (Lipinski definition) is 4. The zero-order valence-corrected chi connectivity index (χ0v) is 10.2. The average molecular weight is 245 g/mol. The van der Waals surface area contributed by atoms with Gasteiger partial charge in [-0.25, -0.2) is 0 Å². The Kier molecular flexibility index (Phi) is 3.41. The Morgan fingerprint density at radius 2 is 2.06 bits per heavy atom. The van der Waals surface area contributed by atoms with E-state index in [2.05, 4.69) is 11.9 Å². The zero-order valence-electron chi connectivity index (χ0n) is 10.2. The number of allylic oxidation sites excluding steroid dienone is 2. The minimum absolute atomic E-state index is 0.0801. The van der Waals surface area contributed by atoms with Crippen molar-refractivity contribution in [1.29, 1.82) is 0 Å². The minimum atomic E-state index is -0.411. The highest BCUT2D eigenvalue weighted by atomic mass is 16.6. The van der Waals surface area contributed by atoms with E-state index in [9.17, 15) is 10.1 Å². The standard InChI is InChI=1S/C13H15N3O2/c1-9-6-7-15-8-12(13(9)14)10-2-4-11(5-3-10)16(17)18/h2-5,8-9H,6-7,14H2,1H3. The van der Waals surface area contributed by atoms with Crippen LogP contribution in [0, 0.1) is 16.0 Å². The molecule has 0 fully saturated rings. The van der Waals surface area contributed by atoms with Gasteiger partial charge in [0.05, 0.1) is 4.92 Å². The largest absolute Gasteiger partial charge is 0.401 e. The molecule has 0 amide bonds. The van der Waals surface area contributed by atoms with Gasteiger partial charge in [-0.1, -0.05) is 6.92 Å². The molecule has 5 nitrogen and oxygen atoms in total. The van der Waals surface area contributed by atoms with Crippen molar-refractivity contribution in [2.24, 2.45) is 16.6 Å². The summed E-state index contributed by atoms with van der Waals surface area (Å²) in [6.45, 7) is 2.83. The predicted molar refractivity (Wildman–Crippen MR) is 71.3 cm³/mol. The topological polar surface area (TPSA) is 81.5 Å². The SMILES string of the molecule is CC1CCN=CC(c2ccc([N+](=O)[O-])cc2)=C1N. The molecular formula is C13H15N3O2. The van der Waals surface area contributed by atoms with E-state index in [4.69, 9.17) is 5.73 Å². The molecule has 1 aromatic rings. The van der Waals surface area contributed by atoms with Gasteiger partial charge in [0.25, 0.3) is 5.69 Å². The van der Waals surface area contributed by atoms with E-state index in [-0.39, 0.29) is 11.6 Å². The van der Waals surface area contributed by atoms with Gasteiger partial charge in [0.15, 0.2) is 0 Å². The number of benzene rings is 1. The lowest BCUT2D eigenvalue weighted by Gasteiger charge is -2.12. The molecule has 0 aromatic heterocycles. The van der Waals surface area contributed by atoms with E-state index in [1.54, 1.807) is 18.3 Å². The number of nitrogens with zero attached hydrogens (tertiary/aromatic N) is 2. The third kappa shape index (κ3) is 2.40. The van der Waals surface area contributed by atoms with Gasteiger partial charge in [-0.3, -0.25) is 15.1 Å². The van der Waals surface area contributed by atoms with Crippen molar-refractivity contribution in [3.05, 3.63) is 45.6 Å². The first-order valence-corrected chi connectivity index (χ1v) is 5.84. The average Bonchev–Trinajstić information content (AvgIpc) is 2.53. The summed E-state index contributed by atoms with van der Waals surface area (Å²) < 4.78 is 0. The molecule has 0 aliphatic carbocycles. The molecule has 0 saturated carbocycles. The third-order valence-corrected chi connectivity index (χ3v) is 3.14. The maximum absolute atomic E-state index is 10.6. The molecule has 5 heteroatoms. The number of rotatable bonds is 2. The molecule has 94 valence electrons. The highest BCUT2D eigenvalue weighted by Crippen LogP contribution is 2.25. The second-order valence-corrected chi connectivity index (χ2v) is 4.40. The monoisotopic (exact) mass is 245 g/mol. The van der Waals surface area contributed by atoms with Gasteiger partial charge >= 0.3 is 0 Å². The second kappa shape index (κ2) is 5.00. The molecule has 1 atom stereocenters. The zero-order chi connectivity index (χ0) is 13.1. The van der Waals surface area contributed by atoms with Gasteiger partial charge in [-0.05, 0) is 30.0 Å². The molecule has 2 N–H and O–H groups in total. The van der Waals surface area contributed by atoms with Gasteiger partial charge in [-0.2, -0.15) is 0 Å². The molecule has 1 aromatic carbocycles. The second-order valence-electron chi connectivity index (χ2n) is 4.40. The first-order valence-electron chi connectivity index (χ1n) is 5.84. The molecule has 18 heavy (non-hydrogen) atoms. The van der Waals surface area contributed by atoms with Gasteiger partial charge in [-0.15, -0.1) is 0 Å². The number of nitrogens with two attached hydrogens (primary N) is 1. The van der Waals surface area contributed by atoms with Gasteiger partial charge in [0.2, 0.25) is 0 Å². The van der Waals surface area contributed by atoms with Crippen molar-refractivity contribution in [3.8, 4) is 0 Å². The van der Waals surface area contributed by atoms with Crippen LogP contribution in [-0.2, 0) is 0 Å². The number of non-ortho nitro benzene ring substituents is 1. The molecule has 0 radical (unpaired) electrons. The van der Waals surface area contributed by atoms with E-state index in [0.29, 0.717) is 0 Å². The fraction of sp³-hybridized carbons (Fsp3) is 0.308. The molecular weight excluding hydrogens is 230 g/mol. The summed E-state index contributed by atoms with van der Waals surface area (Å²) in [6, 6.07) is 6.40. The molecule has 0 saturated heterocycles. The van der Waals surface area contributed by atoms with Crippen molar-refractivity contribution >= 4 is 17.5 Å². The van der Waals surface area contributed by atoms with Crippen molar-refractivity contribution in [1.82, 2.24) is 0 Å². The Balaban J connectivity index is 2.40. The van der Waals surface area contributed by atoms with Crippen LogP contribution in [0.3, 0.4) is 0 Å². The van der Waals surface area contributed by atoms with Gasteiger partial charge in [0, 0.05) is 36.2 Å². The maximum Gasteiger partial charge on any atom is 0.269 e. The first kappa shape index (κ1) is 12.3. The summed E-state index contributed by atoms with van der Waals surface area (Å²) in [4.78, 5) is 14.5. The number of hydrogen-bond donors (Lipinski definition) is 1. The quantitative estimate of drug-likeness (QED) is 0.641. The fourth-order valence-electron chi connectivity index (χ4n) is 1.92. The molecule has 1 unspecified atom stereocenters. The molecule has 2 rings (SSSR count). The summed E-state index contributed by atoms with van der Waals surface area (Å²) >= 11 is 0. The number of aliphatic imine (C=N–C) groups is 1. The Labute approximate surface area is 105 Å². The number of nitro benzene ring substituents is 1. The maximum atomic E-state index is 10.6. The minimum Gasteiger partial charge on any atom is -0.401 e. The van der Waals surface area contributed by atoms with Crippen LogP contribution < -0.4 is 5.73 Å². The van der Waals surface area contributed by atoms with E-state index in [0.717, 1.165) is 29.8 Å². The Morgan fingerprint density at radius 1 is 1.39 bits per heavy atom. The molecule has 0 bridgehead atoms. The summed E-state index contributed by atoms with van der Waals surface area (Å²) in [6.07, 6.45) is 2.69. The van der Waals surface area contributed by atoms with Crippen LogP contribution >= 0.6 is 0 Å². The van der Waals surface area contributed by atoms with Crippen molar-refractivity contribution in [3.63, 3.8) is 0 Å². The van der Waals surface area contributed by atoms with Crippen LogP contribution in [0.5, 0.6) is 0 Å². The van der Waals surface area contributed by atoms with Crippen molar-refractivity contribution < 1.29 is 4.92 Å².